The first-order valence-corrected chi connectivity index (χ1v) is 14.2. The molecular formula is C31H29F3N8O3. The standard InChI is InChI=1S/C31H29F3N8O3/c1-5-41-15-22(31(32,33)34)38-26(41)19-8-6-17(7-9-19)14-42-27-20(12-21(30(42)44)29(43)40(2)3)13-35-25(39-27)23-24(18-10-11-18)36-16-37-28(23)45-4/h6-9,12-13,15-16,18H,5,10-11,14H2,1-4H3. The van der Waals surface area contributed by atoms with E-state index in [1.54, 1.807) is 51.5 Å². The van der Waals surface area contributed by atoms with Crippen molar-refractivity contribution in [1.29, 1.82) is 0 Å². The minimum Gasteiger partial charge on any atom is -0.480 e. The van der Waals surface area contributed by atoms with Crippen molar-refractivity contribution in [1.82, 2.24) is 39.0 Å². The van der Waals surface area contributed by atoms with Gasteiger partial charge in [0.15, 0.2) is 11.5 Å². The number of carbonyl (C=O) groups is 1. The molecule has 5 aromatic rings. The van der Waals surface area contributed by atoms with Gasteiger partial charge in [-0.15, -0.1) is 0 Å². The van der Waals surface area contributed by atoms with Gasteiger partial charge in [-0.05, 0) is 31.4 Å². The molecule has 0 atom stereocenters. The number of rotatable bonds is 8. The van der Waals surface area contributed by atoms with Gasteiger partial charge in [-0.1, -0.05) is 24.3 Å². The minimum atomic E-state index is -4.57. The molecule has 1 saturated carbocycles. The predicted octanol–water partition coefficient (Wildman–Crippen LogP) is 4.79. The summed E-state index contributed by atoms with van der Waals surface area (Å²) in [7, 11) is 4.61. The Morgan fingerprint density at radius 3 is 2.44 bits per heavy atom. The summed E-state index contributed by atoms with van der Waals surface area (Å²) in [5.41, 5.74) is 1.17. The van der Waals surface area contributed by atoms with Crippen LogP contribution in [0.25, 0.3) is 33.8 Å². The van der Waals surface area contributed by atoms with Crippen LogP contribution >= 0.6 is 0 Å². The molecule has 0 aliphatic heterocycles. The zero-order valence-electron chi connectivity index (χ0n) is 25.0. The topological polar surface area (TPSA) is 121 Å². The Morgan fingerprint density at radius 2 is 1.82 bits per heavy atom. The molecule has 1 amide bonds. The second-order valence-electron chi connectivity index (χ2n) is 11.0. The number of benzene rings is 1. The smallest absolute Gasteiger partial charge is 0.434 e. The summed E-state index contributed by atoms with van der Waals surface area (Å²) in [6.07, 6.45) is 1.34. The zero-order valence-corrected chi connectivity index (χ0v) is 25.0. The molecule has 232 valence electrons. The SMILES string of the molecule is CCn1cc(C(F)(F)F)nc1-c1ccc(Cn2c(=O)c(C(=O)N(C)C)cc3cnc(-c4c(OC)ncnc4C4CC4)nc32)cc1. The third kappa shape index (κ3) is 5.63. The number of hydrogen-bond acceptors (Lipinski definition) is 8. The number of nitrogens with zero attached hydrogens (tertiary/aromatic N) is 8. The zero-order chi connectivity index (χ0) is 32.0. The molecule has 45 heavy (non-hydrogen) atoms. The summed E-state index contributed by atoms with van der Waals surface area (Å²) >= 11 is 0. The van der Waals surface area contributed by atoms with Gasteiger partial charge in [0.1, 0.15) is 28.9 Å². The predicted molar refractivity (Wildman–Crippen MR) is 159 cm³/mol. The lowest BCUT2D eigenvalue weighted by Crippen LogP contribution is -2.33. The molecular weight excluding hydrogens is 589 g/mol. The van der Waals surface area contributed by atoms with Crippen molar-refractivity contribution in [2.24, 2.45) is 0 Å². The molecule has 1 aliphatic carbocycles. The number of imidazole rings is 1. The Hall–Kier alpha value is -5.14. The number of aromatic nitrogens is 7. The Kier molecular flexibility index (Phi) is 7.59. The van der Waals surface area contributed by atoms with Crippen molar-refractivity contribution >= 4 is 16.9 Å². The quantitative estimate of drug-likeness (QED) is 0.244. The highest BCUT2D eigenvalue weighted by molar-refractivity contribution is 5.96. The van der Waals surface area contributed by atoms with Crippen LogP contribution in [0.2, 0.25) is 0 Å². The van der Waals surface area contributed by atoms with Gasteiger partial charge in [-0.25, -0.2) is 24.9 Å². The molecule has 0 N–H and O–H groups in total. The summed E-state index contributed by atoms with van der Waals surface area (Å²) in [4.78, 5) is 50.0. The van der Waals surface area contributed by atoms with E-state index < -0.39 is 23.3 Å². The molecule has 1 fully saturated rings. The Morgan fingerprint density at radius 1 is 1.09 bits per heavy atom. The number of aryl methyl sites for hydroxylation is 1. The van der Waals surface area contributed by atoms with Gasteiger partial charge in [0, 0.05) is 49.9 Å². The van der Waals surface area contributed by atoms with E-state index in [2.05, 4.69) is 19.9 Å². The van der Waals surface area contributed by atoms with Gasteiger partial charge in [-0.2, -0.15) is 13.2 Å². The fourth-order valence-electron chi connectivity index (χ4n) is 5.20. The maximum absolute atomic E-state index is 13.8. The van der Waals surface area contributed by atoms with Crippen LogP contribution in [-0.2, 0) is 19.3 Å². The van der Waals surface area contributed by atoms with Crippen LogP contribution < -0.4 is 10.3 Å². The van der Waals surface area contributed by atoms with E-state index in [0.29, 0.717) is 34.5 Å². The number of halogens is 3. The summed E-state index contributed by atoms with van der Waals surface area (Å²) < 4.78 is 48.3. The minimum absolute atomic E-state index is 0.0224. The van der Waals surface area contributed by atoms with Crippen LogP contribution in [-0.4, -0.2) is 66.1 Å². The highest BCUT2D eigenvalue weighted by Crippen LogP contribution is 2.45. The summed E-state index contributed by atoms with van der Waals surface area (Å²) in [6, 6.07) is 8.20. The molecule has 1 aromatic carbocycles. The number of pyridine rings is 1. The van der Waals surface area contributed by atoms with Crippen molar-refractivity contribution in [3.8, 4) is 28.7 Å². The van der Waals surface area contributed by atoms with Gasteiger partial charge in [0.2, 0.25) is 5.88 Å². The number of methoxy groups -OCH3 is 1. The lowest BCUT2D eigenvalue weighted by molar-refractivity contribution is -0.140. The highest BCUT2D eigenvalue weighted by atomic mass is 19.4. The molecule has 0 radical (unpaired) electrons. The number of fused-ring (bicyclic) bond motifs is 1. The van der Waals surface area contributed by atoms with E-state index in [1.807, 2.05) is 0 Å². The molecule has 4 heterocycles. The van der Waals surface area contributed by atoms with Gasteiger partial charge < -0.3 is 14.2 Å². The molecule has 0 spiro atoms. The van der Waals surface area contributed by atoms with E-state index in [0.717, 1.165) is 24.7 Å². The molecule has 14 heteroatoms. The van der Waals surface area contributed by atoms with Crippen molar-refractivity contribution < 1.29 is 22.7 Å². The number of amides is 1. The second kappa shape index (κ2) is 11.4. The molecule has 6 rings (SSSR count). The average molecular weight is 619 g/mol. The van der Waals surface area contributed by atoms with E-state index in [1.165, 1.54) is 33.5 Å². The summed E-state index contributed by atoms with van der Waals surface area (Å²) in [5.74, 6) is 0.530. The van der Waals surface area contributed by atoms with Gasteiger partial charge in [-0.3, -0.25) is 14.2 Å². The summed E-state index contributed by atoms with van der Waals surface area (Å²) in [5, 5.41) is 0.466. The Labute approximate surface area is 255 Å². The van der Waals surface area contributed by atoms with Gasteiger partial charge in [0.05, 0.1) is 19.3 Å². The largest absolute Gasteiger partial charge is 0.480 e. The molecule has 0 bridgehead atoms. The summed E-state index contributed by atoms with van der Waals surface area (Å²) in [6.45, 7) is 2.06. The van der Waals surface area contributed by atoms with Crippen LogP contribution in [0.4, 0.5) is 13.2 Å². The van der Waals surface area contributed by atoms with E-state index in [9.17, 15) is 22.8 Å². The third-order valence-electron chi connectivity index (χ3n) is 7.65. The molecule has 11 nitrogen and oxygen atoms in total. The number of carbonyl (C=O) groups excluding carboxylic acids is 1. The normalized spacial score (nSPS) is 13.3. The maximum atomic E-state index is 13.8. The maximum Gasteiger partial charge on any atom is 0.434 e. The first kappa shape index (κ1) is 29.9. The molecule has 4 aromatic heterocycles. The Bertz CT molecular complexity index is 1980. The Balaban J connectivity index is 1.46. The molecule has 0 unspecified atom stereocenters. The van der Waals surface area contributed by atoms with Crippen LogP contribution in [0.3, 0.4) is 0 Å². The first-order valence-electron chi connectivity index (χ1n) is 14.2. The highest BCUT2D eigenvalue weighted by Gasteiger charge is 2.35. The fourth-order valence-corrected chi connectivity index (χ4v) is 5.20. The molecule has 0 saturated heterocycles. The van der Waals surface area contributed by atoms with Crippen molar-refractivity contribution in [2.75, 3.05) is 21.2 Å². The van der Waals surface area contributed by atoms with Gasteiger partial charge in [0.25, 0.3) is 11.5 Å². The van der Waals surface area contributed by atoms with Crippen LogP contribution in [0, 0.1) is 0 Å². The second-order valence-corrected chi connectivity index (χ2v) is 11.0. The van der Waals surface area contributed by atoms with Crippen LogP contribution in [0.5, 0.6) is 5.88 Å². The third-order valence-corrected chi connectivity index (χ3v) is 7.65. The molecule has 1 aliphatic rings. The van der Waals surface area contributed by atoms with E-state index in [4.69, 9.17) is 9.72 Å². The van der Waals surface area contributed by atoms with E-state index in [-0.39, 0.29) is 35.3 Å². The average Bonchev–Trinajstić information content (AvgIpc) is 3.78. The van der Waals surface area contributed by atoms with Crippen molar-refractivity contribution in [3.05, 3.63) is 81.9 Å². The van der Waals surface area contributed by atoms with Crippen molar-refractivity contribution in [3.63, 3.8) is 0 Å². The van der Waals surface area contributed by atoms with Crippen LogP contribution in [0.15, 0.2) is 53.8 Å². The fraction of sp³-hybridized carbons (Fsp3) is 0.323. The number of alkyl halides is 3. The monoisotopic (exact) mass is 618 g/mol. The van der Waals surface area contributed by atoms with Crippen LogP contribution in [0.1, 0.15) is 53.0 Å². The van der Waals surface area contributed by atoms with Crippen molar-refractivity contribution in [2.45, 2.75) is 44.9 Å². The van der Waals surface area contributed by atoms with E-state index >= 15 is 0 Å². The number of hydrogen-bond donors (Lipinski definition) is 0. The first-order chi connectivity index (χ1) is 21.5. The number of ether oxygens (including phenoxy) is 1. The lowest BCUT2D eigenvalue weighted by atomic mass is 10.1. The van der Waals surface area contributed by atoms with Gasteiger partial charge >= 0.3 is 6.18 Å². The lowest BCUT2D eigenvalue weighted by Gasteiger charge is -2.16.